The Balaban J connectivity index is 2.11. The van der Waals surface area contributed by atoms with E-state index in [-0.39, 0.29) is 5.82 Å². The van der Waals surface area contributed by atoms with Crippen LogP contribution in [-0.2, 0) is 5.75 Å². The lowest BCUT2D eigenvalue weighted by atomic mass is 10.2. The van der Waals surface area contributed by atoms with Gasteiger partial charge in [-0.05, 0) is 42.3 Å². The highest BCUT2D eigenvalue weighted by Gasteiger charge is 2.05. The van der Waals surface area contributed by atoms with E-state index in [0.29, 0.717) is 0 Å². The average molecular weight is 326 g/mol. The van der Waals surface area contributed by atoms with Gasteiger partial charge in [0.1, 0.15) is 5.82 Å². The molecule has 0 aliphatic heterocycles. The summed E-state index contributed by atoms with van der Waals surface area (Å²) in [5.74, 6) is 0.527. The molecular weight excluding hydrogens is 313 g/mol. The molecule has 0 aliphatic rings. The Bertz CT molecular complexity index is 520. The van der Waals surface area contributed by atoms with E-state index in [1.54, 1.807) is 17.8 Å². The minimum Gasteiger partial charge on any atom is -0.398 e. The summed E-state index contributed by atoms with van der Waals surface area (Å²) in [7, 11) is 0. The highest BCUT2D eigenvalue weighted by molar-refractivity contribution is 9.10. The monoisotopic (exact) mass is 325 g/mol. The molecule has 2 aromatic rings. The van der Waals surface area contributed by atoms with Crippen LogP contribution in [0.2, 0.25) is 0 Å². The fourth-order valence-corrected chi connectivity index (χ4v) is 3.22. The van der Waals surface area contributed by atoms with Crippen molar-refractivity contribution in [1.82, 2.24) is 0 Å². The molecule has 0 saturated carbocycles. The predicted molar refractivity (Wildman–Crippen MR) is 79.3 cm³/mol. The molecule has 0 fully saturated rings. The second-order valence-corrected chi connectivity index (χ2v) is 5.94. The summed E-state index contributed by atoms with van der Waals surface area (Å²) in [5.41, 5.74) is 8.95. The molecule has 0 saturated heterocycles. The molecule has 0 aromatic heterocycles. The van der Waals surface area contributed by atoms with Crippen LogP contribution in [0.3, 0.4) is 0 Å². The summed E-state index contributed by atoms with van der Waals surface area (Å²) in [5, 5.41) is 0. The molecule has 0 atom stereocenters. The number of hydrogen-bond acceptors (Lipinski definition) is 2. The average Bonchev–Trinajstić information content (AvgIpc) is 2.30. The van der Waals surface area contributed by atoms with Gasteiger partial charge in [-0.15, -0.1) is 11.8 Å². The Morgan fingerprint density at radius 1 is 1.22 bits per heavy atom. The number of halogens is 2. The van der Waals surface area contributed by atoms with Gasteiger partial charge in [-0.1, -0.05) is 28.1 Å². The van der Waals surface area contributed by atoms with Crippen molar-refractivity contribution in [2.45, 2.75) is 17.6 Å². The van der Waals surface area contributed by atoms with Crippen molar-refractivity contribution in [1.29, 1.82) is 0 Å². The van der Waals surface area contributed by atoms with Crippen LogP contribution in [0.5, 0.6) is 0 Å². The number of anilines is 1. The molecule has 0 bridgehead atoms. The highest BCUT2D eigenvalue weighted by atomic mass is 79.9. The van der Waals surface area contributed by atoms with Crippen molar-refractivity contribution < 1.29 is 4.39 Å². The number of thioether (sulfide) groups is 1. The Labute approximate surface area is 119 Å². The van der Waals surface area contributed by atoms with E-state index in [0.717, 1.165) is 31.9 Å². The van der Waals surface area contributed by atoms with Gasteiger partial charge in [0.25, 0.3) is 0 Å². The van der Waals surface area contributed by atoms with E-state index >= 15 is 0 Å². The van der Waals surface area contributed by atoms with E-state index in [1.807, 2.05) is 25.1 Å². The molecule has 0 amide bonds. The number of hydrogen-bond donors (Lipinski definition) is 1. The van der Waals surface area contributed by atoms with E-state index in [4.69, 9.17) is 5.73 Å². The summed E-state index contributed by atoms with van der Waals surface area (Å²) < 4.78 is 13.8. The smallest absolute Gasteiger partial charge is 0.124 e. The summed E-state index contributed by atoms with van der Waals surface area (Å²) in [6.45, 7) is 2.02. The van der Waals surface area contributed by atoms with Gasteiger partial charge in [-0.25, -0.2) is 4.39 Å². The molecule has 18 heavy (non-hydrogen) atoms. The summed E-state index contributed by atoms with van der Waals surface area (Å²) in [4.78, 5) is 1.05. The van der Waals surface area contributed by atoms with Crippen molar-refractivity contribution in [3.63, 3.8) is 0 Å². The van der Waals surface area contributed by atoms with Gasteiger partial charge >= 0.3 is 0 Å². The topological polar surface area (TPSA) is 26.0 Å². The lowest BCUT2D eigenvalue weighted by Gasteiger charge is -2.08. The largest absolute Gasteiger partial charge is 0.398 e. The van der Waals surface area contributed by atoms with Crippen LogP contribution in [0.4, 0.5) is 10.1 Å². The molecule has 2 N–H and O–H groups in total. The third kappa shape index (κ3) is 3.27. The van der Waals surface area contributed by atoms with Gasteiger partial charge in [-0.3, -0.25) is 0 Å². The zero-order chi connectivity index (χ0) is 13.1. The molecule has 0 unspecified atom stereocenters. The first-order valence-electron chi connectivity index (χ1n) is 5.49. The molecule has 0 aliphatic carbocycles. The van der Waals surface area contributed by atoms with Gasteiger partial charge in [0.2, 0.25) is 0 Å². The fourth-order valence-electron chi connectivity index (χ4n) is 1.59. The Morgan fingerprint density at radius 2 is 2.00 bits per heavy atom. The second-order valence-electron chi connectivity index (χ2n) is 4.07. The van der Waals surface area contributed by atoms with Crippen LogP contribution in [0.25, 0.3) is 0 Å². The van der Waals surface area contributed by atoms with Crippen LogP contribution in [0.15, 0.2) is 45.8 Å². The number of nitrogen functional groups attached to an aromatic ring is 1. The predicted octanol–water partition coefficient (Wildman–Crippen LogP) is 4.77. The molecule has 94 valence electrons. The molecule has 0 spiro atoms. The van der Waals surface area contributed by atoms with Crippen LogP contribution in [0.1, 0.15) is 11.1 Å². The van der Waals surface area contributed by atoms with Crippen molar-refractivity contribution >= 4 is 33.4 Å². The molecule has 1 nitrogen and oxygen atoms in total. The van der Waals surface area contributed by atoms with E-state index < -0.39 is 0 Å². The molecule has 0 heterocycles. The summed E-state index contributed by atoms with van der Waals surface area (Å²) >= 11 is 5.02. The van der Waals surface area contributed by atoms with Crippen molar-refractivity contribution in [3.8, 4) is 0 Å². The van der Waals surface area contributed by atoms with Crippen molar-refractivity contribution in [2.75, 3.05) is 5.73 Å². The standard InChI is InChI=1S/C14H13BrFNS/c1-9-2-5-14(13(17)6-9)18-8-10-3-4-11(16)7-12(10)15/h2-7H,8,17H2,1H3. The quantitative estimate of drug-likeness (QED) is 0.649. The van der Waals surface area contributed by atoms with Crippen LogP contribution in [0, 0.1) is 12.7 Å². The third-order valence-corrected chi connectivity index (χ3v) is 4.44. The molecular formula is C14H13BrFNS. The van der Waals surface area contributed by atoms with Crippen molar-refractivity contribution in [2.24, 2.45) is 0 Å². The Morgan fingerprint density at radius 3 is 2.67 bits per heavy atom. The second kappa shape index (κ2) is 5.76. The Hall–Kier alpha value is -1.00. The van der Waals surface area contributed by atoms with Gasteiger partial charge < -0.3 is 5.73 Å². The van der Waals surface area contributed by atoms with Gasteiger partial charge in [0.15, 0.2) is 0 Å². The van der Waals surface area contributed by atoms with Gasteiger partial charge in [-0.2, -0.15) is 0 Å². The van der Waals surface area contributed by atoms with E-state index in [9.17, 15) is 4.39 Å². The number of nitrogens with two attached hydrogens (primary N) is 1. The van der Waals surface area contributed by atoms with E-state index in [1.165, 1.54) is 12.1 Å². The normalized spacial score (nSPS) is 10.6. The lowest BCUT2D eigenvalue weighted by molar-refractivity contribution is 0.626. The molecule has 4 heteroatoms. The van der Waals surface area contributed by atoms with E-state index in [2.05, 4.69) is 15.9 Å². The minimum absolute atomic E-state index is 0.231. The van der Waals surface area contributed by atoms with Crippen LogP contribution >= 0.6 is 27.7 Å². The number of benzene rings is 2. The maximum atomic E-state index is 13.0. The number of rotatable bonds is 3. The van der Waals surface area contributed by atoms with Crippen LogP contribution in [-0.4, -0.2) is 0 Å². The number of aryl methyl sites for hydroxylation is 1. The van der Waals surface area contributed by atoms with Crippen molar-refractivity contribution in [3.05, 3.63) is 57.8 Å². The zero-order valence-corrected chi connectivity index (χ0v) is 12.3. The Kier molecular flexibility index (Phi) is 4.30. The lowest BCUT2D eigenvalue weighted by Crippen LogP contribution is -1.90. The molecule has 2 aromatic carbocycles. The van der Waals surface area contributed by atoms with Gasteiger partial charge in [0, 0.05) is 20.8 Å². The first-order valence-corrected chi connectivity index (χ1v) is 7.27. The molecule has 0 radical (unpaired) electrons. The van der Waals surface area contributed by atoms with Crippen LogP contribution < -0.4 is 5.73 Å². The summed E-state index contributed by atoms with van der Waals surface area (Å²) in [6.07, 6.45) is 0. The SMILES string of the molecule is Cc1ccc(SCc2ccc(F)cc2Br)c(N)c1. The first kappa shape index (κ1) is 13.4. The molecule has 2 rings (SSSR count). The fraction of sp³-hybridized carbons (Fsp3) is 0.143. The first-order chi connectivity index (χ1) is 8.56. The summed E-state index contributed by atoms with van der Waals surface area (Å²) in [6, 6.07) is 10.8. The maximum absolute atomic E-state index is 13.0. The van der Waals surface area contributed by atoms with Gasteiger partial charge in [0.05, 0.1) is 0 Å². The minimum atomic E-state index is -0.231. The highest BCUT2D eigenvalue weighted by Crippen LogP contribution is 2.31. The zero-order valence-electron chi connectivity index (χ0n) is 9.91. The third-order valence-electron chi connectivity index (χ3n) is 2.56. The maximum Gasteiger partial charge on any atom is 0.124 e.